The fourth-order valence-electron chi connectivity index (χ4n) is 3.14. The van der Waals surface area contributed by atoms with Gasteiger partial charge in [0, 0.05) is 18.5 Å². The van der Waals surface area contributed by atoms with E-state index in [1.54, 1.807) is 11.8 Å². The van der Waals surface area contributed by atoms with Crippen LogP contribution in [0.4, 0.5) is 0 Å². The molecule has 1 unspecified atom stereocenters. The average molecular weight is 425 g/mol. The Morgan fingerprint density at radius 1 is 0.968 bits per heavy atom. The van der Waals surface area contributed by atoms with Crippen molar-refractivity contribution in [2.45, 2.75) is 72.5 Å². The molecule has 1 N–H and O–H groups in total. The van der Waals surface area contributed by atoms with E-state index in [1.165, 1.54) is 5.56 Å². The fourth-order valence-corrected chi connectivity index (χ4v) is 3.14. The highest BCUT2D eigenvalue weighted by Crippen LogP contribution is 2.15. The lowest BCUT2D eigenvalue weighted by Gasteiger charge is -2.31. The van der Waals surface area contributed by atoms with Gasteiger partial charge in [-0.1, -0.05) is 47.5 Å². The van der Waals surface area contributed by atoms with Gasteiger partial charge in [-0.05, 0) is 65.7 Å². The number of carbonyl (C=O) groups excluding carboxylic acids is 2. The van der Waals surface area contributed by atoms with Gasteiger partial charge in [-0.3, -0.25) is 9.59 Å². The maximum atomic E-state index is 13.1. The second kappa shape index (κ2) is 11.0. The summed E-state index contributed by atoms with van der Waals surface area (Å²) in [5.74, 6) is 0.598. The van der Waals surface area contributed by atoms with Crippen molar-refractivity contribution in [3.05, 3.63) is 65.2 Å². The van der Waals surface area contributed by atoms with Crippen molar-refractivity contribution in [1.29, 1.82) is 0 Å². The van der Waals surface area contributed by atoms with Gasteiger partial charge in [0.25, 0.3) is 0 Å². The molecule has 168 valence electrons. The Kier molecular flexibility index (Phi) is 8.66. The van der Waals surface area contributed by atoms with Gasteiger partial charge in [0.05, 0.1) is 6.61 Å². The first-order valence-corrected chi connectivity index (χ1v) is 10.9. The molecule has 0 fully saturated rings. The van der Waals surface area contributed by atoms with Gasteiger partial charge in [-0.2, -0.15) is 0 Å². The van der Waals surface area contributed by atoms with E-state index in [1.807, 2.05) is 83.1 Å². The van der Waals surface area contributed by atoms with E-state index in [0.29, 0.717) is 26.0 Å². The van der Waals surface area contributed by atoms with Gasteiger partial charge in [0.1, 0.15) is 11.8 Å². The summed E-state index contributed by atoms with van der Waals surface area (Å²) in [5.41, 5.74) is 2.99. The molecular formula is C26H36N2O3. The lowest BCUT2D eigenvalue weighted by molar-refractivity contribution is -0.141. The van der Waals surface area contributed by atoms with Gasteiger partial charge in [0.15, 0.2) is 0 Å². The molecule has 0 bridgehead atoms. The Balaban J connectivity index is 2.01. The molecule has 5 heteroatoms. The number of benzene rings is 2. The SMILES string of the molecule is Cc1ccc(CN(C(=O)CCCOc2ccc(C)cc2)C(C)C(=O)NC(C)(C)C)cc1. The Morgan fingerprint density at radius 2 is 1.52 bits per heavy atom. The third-order valence-electron chi connectivity index (χ3n) is 4.96. The van der Waals surface area contributed by atoms with Gasteiger partial charge in [-0.15, -0.1) is 0 Å². The first-order valence-electron chi connectivity index (χ1n) is 10.9. The molecule has 0 aliphatic heterocycles. The standard InChI is InChI=1S/C26H36N2O3/c1-19-9-13-22(14-10-19)18-28(21(3)25(30)27-26(4,5)6)24(29)8-7-17-31-23-15-11-20(2)12-16-23/h9-16,21H,7-8,17-18H2,1-6H3,(H,27,30). The maximum Gasteiger partial charge on any atom is 0.242 e. The molecule has 0 aliphatic carbocycles. The van der Waals surface area contributed by atoms with Gasteiger partial charge in [0.2, 0.25) is 11.8 Å². The van der Waals surface area contributed by atoms with Crippen LogP contribution in [-0.4, -0.2) is 34.9 Å². The van der Waals surface area contributed by atoms with Crippen molar-refractivity contribution in [2.75, 3.05) is 6.61 Å². The van der Waals surface area contributed by atoms with E-state index in [-0.39, 0.29) is 17.4 Å². The molecule has 0 aromatic heterocycles. The van der Waals surface area contributed by atoms with E-state index < -0.39 is 6.04 Å². The molecule has 0 aliphatic rings. The van der Waals surface area contributed by atoms with Crippen molar-refractivity contribution >= 4 is 11.8 Å². The third-order valence-corrected chi connectivity index (χ3v) is 4.96. The molecule has 31 heavy (non-hydrogen) atoms. The van der Waals surface area contributed by atoms with E-state index in [4.69, 9.17) is 4.74 Å². The van der Waals surface area contributed by atoms with Crippen molar-refractivity contribution in [1.82, 2.24) is 10.2 Å². The highest BCUT2D eigenvalue weighted by Gasteiger charge is 2.28. The van der Waals surface area contributed by atoms with Crippen LogP contribution < -0.4 is 10.1 Å². The Bertz CT molecular complexity index is 852. The van der Waals surface area contributed by atoms with Crippen LogP contribution in [-0.2, 0) is 16.1 Å². The molecule has 0 spiro atoms. The van der Waals surface area contributed by atoms with E-state index in [9.17, 15) is 9.59 Å². The van der Waals surface area contributed by atoms with E-state index in [2.05, 4.69) is 5.32 Å². The molecule has 2 aromatic carbocycles. The number of hydrogen-bond donors (Lipinski definition) is 1. The molecule has 2 rings (SSSR count). The van der Waals surface area contributed by atoms with Crippen molar-refractivity contribution in [3.63, 3.8) is 0 Å². The largest absolute Gasteiger partial charge is 0.494 e. The predicted octanol–water partition coefficient (Wildman–Crippen LogP) is 4.79. The zero-order valence-electron chi connectivity index (χ0n) is 19.7. The van der Waals surface area contributed by atoms with Crippen LogP contribution in [0.1, 0.15) is 57.2 Å². The molecule has 0 radical (unpaired) electrons. The number of amides is 2. The zero-order chi connectivity index (χ0) is 23.0. The number of nitrogens with zero attached hydrogens (tertiary/aromatic N) is 1. The van der Waals surface area contributed by atoms with Crippen molar-refractivity contribution in [2.24, 2.45) is 0 Å². The number of nitrogens with one attached hydrogen (secondary N) is 1. The molecule has 2 aromatic rings. The zero-order valence-corrected chi connectivity index (χ0v) is 19.7. The van der Waals surface area contributed by atoms with Crippen LogP contribution in [0, 0.1) is 13.8 Å². The summed E-state index contributed by atoms with van der Waals surface area (Å²) in [5, 5.41) is 2.98. The van der Waals surface area contributed by atoms with Crippen LogP contribution in [0.15, 0.2) is 48.5 Å². The van der Waals surface area contributed by atoms with E-state index in [0.717, 1.165) is 16.9 Å². The monoisotopic (exact) mass is 424 g/mol. The van der Waals surface area contributed by atoms with Crippen molar-refractivity contribution < 1.29 is 14.3 Å². The van der Waals surface area contributed by atoms with Crippen molar-refractivity contribution in [3.8, 4) is 5.75 Å². The second-order valence-electron chi connectivity index (χ2n) is 9.19. The Labute approximate surface area is 186 Å². The van der Waals surface area contributed by atoms with Gasteiger partial charge < -0.3 is 15.0 Å². The summed E-state index contributed by atoms with van der Waals surface area (Å²) >= 11 is 0. The summed E-state index contributed by atoms with van der Waals surface area (Å²) in [6.07, 6.45) is 0.912. The average Bonchev–Trinajstić information content (AvgIpc) is 2.70. The maximum absolute atomic E-state index is 13.1. The lowest BCUT2D eigenvalue weighted by Crippen LogP contribution is -2.52. The van der Waals surface area contributed by atoms with Gasteiger partial charge >= 0.3 is 0 Å². The molecular weight excluding hydrogens is 388 g/mol. The van der Waals surface area contributed by atoms with Crippen LogP contribution in [0.5, 0.6) is 5.75 Å². The highest BCUT2D eigenvalue weighted by molar-refractivity contribution is 5.87. The normalized spacial score (nSPS) is 12.2. The molecule has 0 saturated carbocycles. The minimum Gasteiger partial charge on any atom is -0.494 e. The Morgan fingerprint density at radius 3 is 2.06 bits per heavy atom. The minimum absolute atomic E-state index is 0.0513. The summed E-state index contributed by atoms with van der Waals surface area (Å²) in [6.45, 7) is 12.5. The summed E-state index contributed by atoms with van der Waals surface area (Å²) < 4.78 is 5.75. The molecule has 0 heterocycles. The number of rotatable bonds is 9. The summed E-state index contributed by atoms with van der Waals surface area (Å²) in [6, 6.07) is 15.3. The number of aryl methyl sites for hydroxylation is 2. The molecule has 2 amide bonds. The minimum atomic E-state index is -0.564. The smallest absolute Gasteiger partial charge is 0.242 e. The molecule has 1 atom stereocenters. The number of hydrogen-bond acceptors (Lipinski definition) is 3. The topological polar surface area (TPSA) is 58.6 Å². The Hall–Kier alpha value is -2.82. The molecule has 0 saturated heterocycles. The van der Waals surface area contributed by atoms with Crippen LogP contribution in [0.25, 0.3) is 0 Å². The van der Waals surface area contributed by atoms with Gasteiger partial charge in [-0.25, -0.2) is 0 Å². The first-order chi connectivity index (χ1) is 14.5. The summed E-state index contributed by atoms with van der Waals surface area (Å²) in [7, 11) is 0. The number of carbonyl (C=O) groups is 2. The second-order valence-corrected chi connectivity index (χ2v) is 9.19. The molecule has 5 nitrogen and oxygen atoms in total. The highest BCUT2D eigenvalue weighted by atomic mass is 16.5. The van der Waals surface area contributed by atoms with E-state index >= 15 is 0 Å². The van der Waals surface area contributed by atoms with Crippen LogP contribution in [0.2, 0.25) is 0 Å². The first kappa shape index (κ1) is 24.4. The lowest BCUT2D eigenvalue weighted by atomic mass is 10.1. The van der Waals surface area contributed by atoms with Crippen LogP contribution in [0.3, 0.4) is 0 Å². The number of ether oxygens (including phenoxy) is 1. The quantitative estimate of drug-likeness (QED) is 0.589. The predicted molar refractivity (Wildman–Crippen MR) is 125 cm³/mol. The fraction of sp³-hybridized carbons (Fsp3) is 0.462. The van der Waals surface area contributed by atoms with Crippen LogP contribution >= 0.6 is 0 Å². The third kappa shape index (κ3) is 8.44. The summed E-state index contributed by atoms with van der Waals surface area (Å²) in [4.78, 5) is 27.5.